The molecule has 1 unspecified atom stereocenters. The van der Waals surface area contributed by atoms with Crippen molar-refractivity contribution < 1.29 is 31.5 Å². The third-order valence-corrected chi connectivity index (χ3v) is 4.95. The lowest BCUT2D eigenvalue weighted by atomic mass is 10.8. The summed E-state index contributed by atoms with van der Waals surface area (Å²) in [6.45, 7) is 2.94. The Morgan fingerprint density at radius 2 is 1.59 bits per heavy atom. The maximum absolute atomic E-state index is 11.9. The average molecular weight is 286 g/mol. The molecule has 0 amide bonds. The van der Waals surface area contributed by atoms with Crippen LogP contribution in [0.5, 0.6) is 0 Å². The van der Waals surface area contributed by atoms with E-state index in [0.29, 0.717) is 0 Å². The molecule has 0 rings (SSSR count). The summed E-state index contributed by atoms with van der Waals surface area (Å²) in [5.74, 6) is 2.08. The molecule has 0 aromatic carbocycles. The Morgan fingerprint density at radius 3 is 1.94 bits per heavy atom. The van der Waals surface area contributed by atoms with Crippen LogP contribution in [0.2, 0.25) is 0 Å². The van der Waals surface area contributed by atoms with Gasteiger partial charge in [-0.3, -0.25) is 18.1 Å². The molecule has 0 spiro atoms. The van der Waals surface area contributed by atoms with Crippen LogP contribution >= 0.6 is 15.6 Å². The molecule has 0 fully saturated rings. The van der Waals surface area contributed by atoms with Crippen molar-refractivity contribution in [2.24, 2.45) is 0 Å². The molecule has 0 N–H and O–H groups in total. The predicted molar refractivity (Wildman–Crippen MR) is 61.3 cm³/mol. The van der Waals surface area contributed by atoms with Gasteiger partial charge in [-0.2, -0.15) is 4.31 Å². The van der Waals surface area contributed by atoms with Gasteiger partial charge < -0.3 is 0 Å². The van der Waals surface area contributed by atoms with E-state index in [1.54, 1.807) is 13.8 Å². The highest BCUT2D eigenvalue weighted by Crippen LogP contribution is 2.65. The molecule has 0 aliphatic heterocycles. The highest BCUT2D eigenvalue weighted by molar-refractivity contribution is 7.62. The van der Waals surface area contributed by atoms with Crippen molar-refractivity contribution in [1.29, 1.82) is 0 Å². The molecule has 0 aliphatic rings. The van der Waals surface area contributed by atoms with Gasteiger partial charge in [0.25, 0.3) is 0 Å². The normalized spacial score (nSPS) is 15.2. The van der Waals surface area contributed by atoms with Gasteiger partial charge in [-0.25, -0.2) is 9.13 Å². The topological polar surface area (TPSA) is 80.3 Å². The summed E-state index contributed by atoms with van der Waals surface area (Å²) in [5, 5.41) is 0. The standard InChI is InChI=1S/C8H16O7P2/c1-5-8-14-16(9,11-4)15-17(10,12-6-2)13-7-3/h1H,6-8H2,2-4H3. The Balaban J connectivity index is 4.76. The first-order valence-corrected chi connectivity index (χ1v) is 7.71. The third-order valence-electron chi connectivity index (χ3n) is 1.30. The van der Waals surface area contributed by atoms with Crippen molar-refractivity contribution in [2.45, 2.75) is 13.8 Å². The second kappa shape index (κ2) is 8.02. The SMILES string of the molecule is C#CCOP(=O)(OC)OP(=O)(OCC)OCC. The van der Waals surface area contributed by atoms with Crippen molar-refractivity contribution in [1.82, 2.24) is 0 Å². The van der Waals surface area contributed by atoms with Gasteiger partial charge in [-0.05, 0) is 13.8 Å². The monoisotopic (exact) mass is 286 g/mol. The minimum atomic E-state index is -4.05. The molecule has 0 aliphatic carbocycles. The number of hydrogen-bond donors (Lipinski definition) is 0. The van der Waals surface area contributed by atoms with Gasteiger partial charge in [-0.1, -0.05) is 5.92 Å². The van der Waals surface area contributed by atoms with Gasteiger partial charge in [0, 0.05) is 7.11 Å². The summed E-state index contributed by atoms with van der Waals surface area (Å²) >= 11 is 0. The minimum absolute atomic E-state index is 0.0517. The summed E-state index contributed by atoms with van der Waals surface area (Å²) < 4.78 is 47.1. The smallest absolute Gasteiger partial charge is 0.290 e. The van der Waals surface area contributed by atoms with Crippen LogP contribution in [0.15, 0.2) is 0 Å². The van der Waals surface area contributed by atoms with E-state index in [1.807, 2.05) is 0 Å². The van der Waals surface area contributed by atoms with E-state index in [0.717, 1.165) is 7.11 Å². The number of phosphoric ester groups is 2. The zero-order chi connectivity index (χ0) is 13.4. The van der Waals surface area contributed by atoms with Crippen LogP contribution in [0.1, 0.15) is 13.8 Å². The lowest BCUT2D eigenvalue weighted by Crippen LogP contribution is -2.02. The Bertz CT molecular complexity index is 338. The Hall–Kier alpha value is -0.180. The molecule has 0 aromatic heterocycles. The van der Waals surface area contributed by atoms with Crippen molar-refractivity contribution >= 4 is 15.6 Å². The third kappa shape index (κ3) is 6.35. The average Bonchev–Trinajstić information content (AvgIpc) is 2.27. The van der Waals surface area contributed by atoms with Crippen molar-refractivity contribution in [3.05, 3.63) is 0 Å². The van der Waals surface area contributed by atoms with Gasteiger partial charge in [0.15, 0.2) is 0 Å². The van der Waals surface area contributed by atoms with E-state index >= 15 is 0 Å². The van der Waals surface area contributed by atoms with Crippen molar-refractivity contribution in [3.63, 3.8) is 0 Å². The number of phosphoric acid groups is 2. The first-order valence-electron chi connectivity index (χ1n) is 4.79. The molecule has 0 bridgehead atoms. The quantitative estimate of drug-likeness (QED) is 0.476. The molecule has 17 heavy (non-hydrogen) atoms. The van der Waals surface area contributed by atoms with Crippen LogP contribution in [0.3, 0.4) is 0 Å². The van der Waals surface area contributed by atoms with Crippen LogP contribution in [0.4, 0.5) is 0 Å². The fraction of sp³-hybridized carbons (Fsp3) is 0.750. The second-order valence-electron chi connectivity index (χ2n) is 2.47. The molecule has 1 atom stereocenters. The fourth-order valence-corrected chi connectivity index (χ4v) is 3.61. The molecule has 0 radical (unpaired) electrons. The predicted octanol–water partition coefficient (Wildman–Crippen LogP) is 2.59. The van der Waals surface area contributed by atoms with E-state index in [4.69, 9.17) is 15.5 Å². The fourth-order valence-electron chi connectivity index (χ4n) is 0.749. The zero-order valence-corrected chi connectivity index (χ0v) is 11.7. The first kappa shape index (κ1) is 16.8. The van der Waals surface area contributed by atoms with Crippen LogP contribution in [-0.2, 0) is 31.5 Å². The number of terminal acetylenes is 1. The summed E-state index contributed by atoms with van der Waals surface area (Å²) in [6, 6.07) is 0. The van der Waals surface area contributed by atoms with Gasteiger partial charge in [0.05, 0.1) is 13.2 Å². The molecular weight excluding hydrogens is 270 g/mol. The molecule has 9 heteroatoms. The molecule has 0 saturated heterocycles. The van der Waals surface area contributed by atoms with Crippen LogP contribution < -0.4 is 0 Å². The largest absolute Gasteiger partial charge is 0.484 e. The minimum Gasteiger partial charge on any atom is -0.290 e. The summed E-state index contributed by atoms with van der Waals surface area (Å²) in [4.78, 5) is 0. The van der Waals surface area contributed by atoms with Crippen LogP contribution in [0.25, 0.3) is 0 Å². The van der Waals surface area contributed by atoms with Gasteiger partial charge in [0.2, 0.25) is 0 Å². The molecular formula is C8H16O7P2. The maximum Gasteiger partial charge on any atom is 0.484 e. The highest BCUT2D eigenvalue weighted by atomic mass is 31.3. The molecule has 0 saturated carbocycles. The van der Waals surface area contributed by atoms with Gasteiger partial charge in [-0.15, -0.1) is 6.42 Å². The molecule has 0 aromatic rings. The Labute approximate surface area is 101 Å². The first-order chi connectivity index (χ1) is 7.95. The van der Waals surface area contributed by atoms with Crippen LogP contribution in [0, 0.1) is 12.3 Å². The Kier molecular flexibility index (Phi) is 7.93. The highest BCUT2D eigenvalue weighted by Gasteiger charge is 2.39. The number of hydrogen-bond acceptors (Lipinski definition) is 7. The van der Waals surface area contributed by atoms with E-state index in [9.17, 15) is 9.13 Å². The van der Waals surface area contributed by atoms with E-state index in [1.165, 1.54) is 0 Å². The lowest BCUT2D eigenvalue weighted by Gasteiger charge is -2.20. The van der Waals surface area contributed by atoms with Gasteiger partial charge >= 0.3 is 15.6 Å². The Morgan fingerprint density at radius 1 is 1.06 bits per heavy atom. The van der Waals surface area contributed by atoms with Gasteiger partial charge in [0.1, 0.15) is 6.61 Å². The van der Waals surface area contributed by atoms with Crippen molar-refractivity contribution in [2.75, 3.05) is 26.9 Å². The number of rotatable bonds is 9. The summed E-state index contributed by atoms with van der Waals surface area (Å²) in [6.07, 6.45) is 4.93. The van der Waals surface area contributed by atoms with E-state index < -0.39 is 15.6 Å². The zero-order valence-electron chi connectivity index (χ0n) is 9.95. The second-order valence-corrected chi connectivity index (χ2v) is 6.05. The lowest BCUT2D eigenvalue weighted by molar-refractivity contribution is 0.131. The van der Waals surface area contributed by atoms with E-state index in [2.05, 4.69) is 19.3 Å². The van der Waals surface area contributed by atoms with Crippen LogP contribution in [-0.4, -0.2) is 26.9 Å². The summed E-state index contributed by atoms with van der Waals surface area (Å²) in [5.41, 5.74) is 0. The molecule has 100 valence electrons. The maximum atomic E-state index is 11.9. The van der Waals surface area contributed by atoms with E-state index in [-0.39, 0.29) is 19.8 Å². The van der Waals surface area contributed by atoms with Crippen molar-refractivity contribution in [3.8, 4) is 12.3 Å². The summed E-state index contributed by atoms with van der Waals surface area (Å²) in [7, 11) is -6.96. The molecule has 7 nitrogen and oxygen atoms in total. The molecule has 0 heterocycles.